The number of nitrogens with one attached hydrogen (secondary N) is 2. The molecule has 144 valence electrons. The van der Waals surface area contributed by atoms with Crippen molar-refractivity contribution in [3.63, 3.8) is 0 Å². The molecule has 3 atom stereocenters. The Morgan fingerprint density at radius 3 is 3.04 bits per heavy atom. The van der Waals surface area contributed by atoms with E-state index in [-0.39, 0.29) is 18.0 Å². The van der Waals surface area contributed by atoms with Gasteiger partial charge in [0.15, 0.2) is 0 Å². The summed E-state index contributed by atoms with van der Waals surface area (Å²) in [5.41, 5.74) is 1.27. The second-order valence-corrected chi connectivity index (χ2v) is 7.31. The van der Waals surface area contributed by atoms with Gasteiger partial charge in [0.2, 0.25) is 5.91 Å². The molecular weight excluding hydrogens is 336 g/mol. The maximum atomic E-state index is 11.7. The van der Waals surface area contributed by atoms with Crippen molar-refractivity contribution in [1.82, 2.24) is 10.6 Å². The van der Waals surface area contributed by atoms with Crippen LogP contribution in [-0.2, 0) is 9.53 Å². The predicted octanol–water partition coefficient (Wildman–Crippen LogP) is 3.72. The topological polar surface area (TPSA) is 50.4 Å². The zero-order chi connectivity index (χ0) is 18.9. The summed E-state index contributed by atoms with van der Waals surface area (Å²) in [6.45, 7) is 3.56. The number of hydrogen-bond donors (Lipinski definition) is 2. The molecule has 4 nitrogen and oxygen atoms in total. The van der Waals surface area contributed by atoms with Crippen LogP contribution in [0, 0.1) is 5.92 Å². The number of rotatable bonds is 6. The smallest absolute Gasteiger partial charge is 0.221 e. The van der Waals surface area contributed by atoms with E-state index in [0.29, 0.717) is 12.3 Å². The van der Waals surface area contributed by atoms with Gasteiger partial charge in [0, 0.05) is 24.9 Å². The fraction of sp³-hybridized carbons (Fsp3) is 0.435. The molecule has 0 aromatic rings. The summed E-state index contributed by atoms with van der Waals surface area (Å²) in [5, 5.41) is 6.40. The normalized spacial score (nSPS) is 28.8. The van der Waals surface area contributed by atoms with Gasteiger partial charge in [-0.1, -0.05) is 48.6 Å². The van der Waals surface area contributed by atoms with Crippen LogP contribution < -0.4 is 10.6 Å². The number of amides is 1. The number of allylic oxidation sites excluding steroid dienone is 9. The van der Waals surface area contributed by atoms with Crippen molar-refractivity contribution in [3.8, 4) is 0 Å². The lowest BCUT2D eigenvalue weighted by molar-refractivity contribution is -0.121. The van der Waals surface area contributed by atoms with Crippen LogP contribution in [0.3, 0.4) is 0 Å². The minimum absolute atomic E-state index is 0.0290. The molecule has 0 aromatic carbocycles. The standard InChI is InChI=1S/C23H30N2O2/c1-18-22(25-23(26)14-15-24-18)13-6-5-8-19-11-7-12-21(16-19)27-17-20-9-3-2-4-10-20/h2-6,8-9,12-13,16,18,20,22,24H,7,10-11,14-15,17H2,1H3,(H,25,26)/b8-5+,13-6-. The Morgan fingerprint density at radius 1 is 1.26 bits per heavy atom. The Bertz CT molecular complexity index is 697. The maximum absolute atomic E-state index is 11.7. The Kier molecular flexibility index (Phi) is 7.28. The van der Waals surface area contributed by atoms with Crippen molar-refractivity contribution in [2.45, 2.75) is 44.7 Å². The van der Waals surface area contributed by atoms with Crippen LogP contribution in [0.4, 0.5) is 0 Å². The number of ether oxygens (including phenoxy) is 1. The SMILES string of the molecule is CC1NCCC(=O)NC1/C=C\C=C\C1=CC(OCC2C=CC=CC2)=CCC1. The third-order valence-corrected chi connectivity index (χ3v) is 5.06. The summed E-state index contributed by atoms with van der Waals surface area (Å²) in [6.07, 6.45) is 24.8. The minimum atomic E-state index is 0.0290. The van der Waals surface area contributed by atoms with Crippen molar-refractivity contribution in [3.05, 3.63) is 72.1 Å². The highest BCUT2D eigenvalue weighted by Gasteiger charge is 2.19. The molecule has 27 heavy (non-hydrogen) atoms. The van der Waals surface area contributed by atoms with E-state index < -0.39 is 0 Å². The van der Waals surface area contributed by atoms with Gasteiger partial charge in [-0.3, -0.25) is 4.79 Å². The molecule has 1 amide bonds. The molecule has 0 saturated carbocycles. The molecule has 2 aliphatic carbocycles. The summed E-state index contributed by atoms with van der Waals surface area (Å²) in [6, 6.07) is 0.267. The van der Waals surface area contributed by atoms with E-state index in [4.69, 9.17) is 4.74 Å². The third-order valence-electron chi connectivity index (χ3n) is 5.06. The molecule has 0 bridgehead atoms. The van der Waals surface area contributed by atoms with E-state index in [1.165, 1.54) is 5.57 Å². The summed E-state index contributed by atoms with van der Waals surface area (Å²) in [7, 11) is 0. The molecule has 3 rings (SSSR count). The molecule has 3 aliphatic rings. The largest absolute Gasteiger partial charge is 0.493 e. The quantitative estimate of drug-likeness (QED) is 0.705. The average molecular weight is 367 g/mol. The van der Waals surface area contributed by atoms with Gasteiger partial charge < -0.3 is 15.4 Å². The summed E-state index contributed by atoms with van der Waals surface area (Å²) in [5.74, 6) is 1.55. The van der Waals surface area contributed by atoms with Crippen LogP contribution in [0.1, 0.15) is 32.6 Å². The summed E-state index contributed by atoms with van der Waals surface area (Å²) >= 11 is 0. The van der Waals surface area contributed by atoms with Gasteiger partial charge in [0.05, 0.1) is 12.6 Å². The molecule has 0 radical (unpaired) electrons. The van der Waals surface area contributed by atoms with E-state index >= 15 is 0 Å². The van der Waals surface area contributed by atoms with Crippen LogP contribution >= 0.6 is 0 Å². The average Bonchev–Trinajstić information content (AvgIpc) is 2.85. The van der Waals surface area contributed by atoms with E-state index in [1.54, 1.807) is 0 Å². The lowest BCUT2D eigenvalue weighted by Crippen LogP contribution is -2.43. The predicted molar refractivity (Wildman–Crippen MR) is 110 cm³/mol. The summed E-state index contributed by atoms with van der Waals surface area (Å²) < 4.78 is 5.99. The van der Waals surface area contributed by atoms with Crippen LogP contribution in [0.2, 0.25) is 0 Å². The van der Waals surface area contributed by atoms with Gasteiger partial charge in [-0.2, -0.15) is 0 Å². The van der Waals surface area contributed by atoms with Crippen molar-refractivity contribution in [2.75, 3.05) is 13.2 Å². The lowest BCUT2D eigenvalue weighted by atomic mass is 10.0. The Morgan fingerprint density at radius 2 is 2.19 bits per heavy atom. The fourth-order valence-corrected chi connectivity index (χ4v) is 3.39. The van der Waals surface area contributed by atoms with Gasteiger partial charge in [-0.15, -0.1) is 0 Å². The molecule has 2 N–H and O–H groups in total. The Hall–Kier alpha value is -2.33. The lowest BCUT2D eigenvalue weighted by Gasteiger charge is -2.19. The van der Waals surface area contributed by atoms with E-state index in [0.717, 1.165) is 38.2 Å². The van der Waals surface area contributed by atoms with Gasteiger partial charge in [-0.05, 0) is 43.9 Å². The van der Waals surface area contributed by atoms with Crippen LogP contribution in [0.25, 0.3) is 0 Å². The first-order valence-electron chi connectivity index (χ1n) is 9.95. The first kappa shape index (κ1) is 19.4. The van der Waals surface area contributed by atoms with E-state index in [9.17, 15) is 4.79 Å². The molecular formula is C23H30N2O2. The molecule has 1 saturated heterocycles. The first-order chi connectivity index (χ1) is 13.2. The highest BCUT2D eigenvalue weighted by atomic mass is 16.5. The maximum Gasteiger partial charge on any atom is 0.221 e. The molecule has 0 spiro atoms. The number of carbonyl (C=O) groups excluding carboxylic acids is 1. The van der Waals surface area contributed by atoms with Gasteiger partial charge in [-0.25, -0.2) is 0 Å². The fourth-order valence-electron chi connectivity index (χ4n) is 3.39. The van der Waals surface area contributed by atoms with E-state index in [1.807, 2.05) is 12.2 Å². The monoisotopic (exact) mass is 366 g/mol. The van der Waals surface area contributed by atoms with Crippen molar-refractivity contribution in [2.24, 2.45) is 5.92 Å². The van der Waals surface area contributed by atoms with Gasteiger partial charge >= 0.3 is 0 Å². The molecule has 1 fully saturated rings. The van der Waals surface area contributed by atoms with Gasteiger partial charge in [0.25, 0.3) is 0 Å². The zero-order valence-electron chi connectivity index (χ0n) is 16.1. The zero-order valence-corrected chi connectivity index (χ0v) is 16.1. The highest BCUT2D eigenvalue weighted by molar-refractivity contribution is 5.77. The van der Waals surface area contributed by atoms with Crippen molar-refractivity contribution >= 4 is 5.91 Å². The Balaban J connectivity index is 1.49. The van der Waals surface area contributed by atoms with E-state index in [2.05, 4.69) is 66.2 Å². The molecule has 0 aromatic heterocycles. The molecule has 3 unspecified atom stereocenters. The summed E-state index contributed by atoms with van der Waals surface area (Å²) in [4.78, 5) is 11.7. The van der Waals surface area contributed by atoms with Crippen LogP contribution in [0.5, 0.6) is 0 Å². The second-order valence-electron chi connectivity index (χ2n) is 7.31. The number of carbonyl (C=O) groups is 1. The highest BCUT2D eigenvalue weighted by Crippen LogP contribution is 2.21. The molecule has 1 heterocycles. The van der Waals surface area contributed by atoms with Crippen molar-refractivity contribution < 1.29 is 9.53 Å². The minimum Gasteiger partial charge on any atom is -0.493 e. The molecule has 4 heteroatoms. The van der Waals surface area contributed by atoms with Crippen LogP contribution in [-0.4, -0.2) is 31.1 Å². The molecule has 1 aliphatic heterocycles. The number of hydrogen-bond acceptors (Lipinski definition) is 3. The Labute approximate surface area is 162 Å². The first-order valence-corrected chi connectivity index (χ1v) is 9.95. The third kappa shape index (κ3) is 6.40. The van der Waals surface area contributed by atoms with Gasteiger partial charge in [0.1, 0.15) is 5.76 Å². The second kappa shape index (κ2) is 10.1. The van der Waals surface area contributed by atoms with Crippen LogP contribution in [0.15, 0.2) is 72.1 Å². The van der Waals surface area contributed by atoms with Crippen molar-refractivity contribution in [1.29, 1.82) is 0 Å².